The first kappa shape index (κ1) is 5.75. The van der Waals surface area contributed by atoms with Gasteiger partial charge >= 0.3 is 0 Å². The Kier molecular flexibility index (Phi) is 0.780. The highest BCUT2D eigenvalue weighted by Gasteiger charge is 2.59. The monoisotopic (exact) mass is 151 g/mol. The molecule has 0 spiro atoms. The number of fused-ring (bicyclic) bond motifs is 3. The first-order valence-corrected chi connectivity index (χ1v) is 4.09. The van der Waals surface area contributed by atoms with Crippen molar-refractivity contribution in [2.24, 2.45) is 11.8 Å². The van der Waals surface area contributed by atoms with Crippen molar-refractivity contribution < 1.29 is 9.59 Å². The Morgan fingerprint density at radius 1 is 1.36 bits per heavy atom. The fraction of sp³-hybridized carbons (Fsp3) is 0.750. The highest BCUT2D eigenvalue weighted by Crippen LogP contribution is 2.51. The first-order chi connectivity index (χ1) is 5.27. The van der Waals surface area contributed by atoms with Crippen molar-refractivity contribution in [3.63, 3.8) is 0 Å². The van der Waals surface area contributed by atoms with Crippen LogP contribution >= 0.6 is 0 Å². The first-order valence-electron chi connectivity index (χ1n) is 4.09. The molecule has 3 aliphatic rings. The van der Waals surface area contributed by atoms with E-state index in [4.69, 9.17) is 0 Å². The van der Waals surface area contributed by atoms with Crippen molar-refractivity contribution in [2.45, 2.75) is 18.9 Å². The summed E-state index contributed by atoms with van der Waals surface area (Å²) in [7, 11) is 0. The van der Waals surface area contributed by atoms with Gasteiger partial charge < -0.3 is 4.90 Å². The minimum Gasteiger partial charge on any atom is -0.332 e. The number of carbonyl (C=O) groups excluding carboxylic acids is 2. The van der Waals surface area contributed by atoms with Crippen LogP contribution in [0.5, 0.6) is 0 Å². The lowest BCUT2D eigenvalue weighted by atomic mass is 10.1. The van der Waals surface area contributed by atoms with Crippen LogP contribution in [0.25, 0.3) is 0 Å². The summed E-state index contributed by atoms with van der Waals surface area (Å²) in [6.45, 7) is 0.861. The van der Waals surface area contributed by atoms with Crippen molar-refractivity contribution in [2.75, 3.05) is 6.54 Å². The lowest BCUT2D eigenvalue weighted by Gasteiger charge is -2.16. The standard InChI is InChI=1S/C8H9NO2/c10-6-2-7(11)9-3-4-1-5(4)8(6)9/h4-5,8H,1-3H2. The Balaban J connectivity index is 2.00. The van der Waals surface area contributed by atoms with Crippen molar-refractivity contribution in [3.05, 3.63) is 0 Å². The minimum absolute atomic E-state index is 0.00694. The Morgan fingerprint density at radius 2 is 2.18 bits per heavy atom. The topological polar surface area (TPSA) is 37.4 Å². The molecule has 3 unspecified atom stereocenters. The molecule has 0 aromatic rings. The molecule has 0 N–H and O–H groups in total. The molecule has 3 rings (SSSR count). The van der Waals surface area contributed by atoms with Gasteiger partial charge in [-0.3, -0.25) is 9.59 Å². The molecule has 2 heterocycles. The van der Waals surface area contributed by atoms with Gasteiger partial charge in [0.1, 0.15) is 0 Å². The SMILES string of the molecule is O=C1CC(=O)N2CC3CC3C12. The van der Waals surface area contributed by atoms with Crippen LogP contribution in [0.3, 0.4) is 0 Å². The highest BCUT2D eigenvalue weighted by atomic mass is 16.2. The van der Waals surface area contributed by atoms with Gasteiger partial charge in [0.2, 0.25) is 5.91 Å². The number of nitrogens with zero attached hydrogens (tertiary/aromatic N) is 1. The van der Waals surface area contributed by atoms with E-state index >= 15 is 0 Å². The maximum Gasteiger partial charge on any atom is 0.230 e. The number of Topliss-reactive ketones (excluding diaryl/α,β-unsaturated/α-hetero) is 1. The molecule has 3 fully saturated rings. The zero-order chi connectivity index (χ0) is 7.59. The van der Waals surface area contributed by atoms with Crippen LogP contribution in [0.2, 0.25) is 0 Å². The van der Waals surface area contributed by atoms with Gasteiger partial charge in [-0.05, 0) is 18.3 Å². The molecule has 3 atom stereocenters. The molecule has 0 aromatic heterocycles. The second kappa shape index (κ2) is 1.49. The number of rotatable bonds is 0. The summed E-state index contributed by atoms with van der Waals surface area (Å²) < 4.78 is 0. The van der Waals surface area contributed by atoms with Crippen LogP contribution in [0.15, 0.2) is 0 Å². The molecule has 0 bridgehead atoms. The molecule has 2 saturated heterocycles. The number of hydrogen-bond donors (Lipinski definition) is 0. The number of piperidine rings is 1. The van der Waals surface area contributed by atoms with Crippen LogP contribution in [0, 0.1) is 11.8 Å². The molecule has 58 valence electrons. The third-order valence-corrected chi connectivity index (χ3v) is 3.13. The lowest BCUT2D eigenvalue weighted by molar-refractivity contribution is -0.128. The van der Waals surface area contributed by atoms with Crippen LogP contribution < -0.4 is 0 Å². The fourth-order valence-corrected chi connectivity index (χ4v) is 2.49. The maximum absolute atomic E-state index is 11.2. The van der Waals surface area contributed by atoms with E-state index in [1.54, 1.807) is 4.90 Å². The summed E-state index contributed by atoms with van der Waals surface area (Å²) in [5, 5.41) is 0. The molecular weight excluding hydrogens is 142 g/mol. The van der Waals surface area contributed by atoms with Crippen molar-refractivity contribution in [1.82, 2.24) is 4.90 Å². The predicted molar refractivity (Wildman–Crippen MR) is 36.7 cm³/mol. The van der Waals surface area contributed by atoms with Gasteiger partial charge in [-0.25, -0.2) is 0 Å². The summed E-state index contributed by atoms with van der Waals surface area (Å²) in [6, 6.07) is 0.00694. The number of hydrogen-bond acceptors (Lipinski definition) is 2. The number of carbonyl (C=O) groups is 2. The molecule has 2 aliphatic heterocycles. The fourth-order valence-electron chi connectivity index (χ4n) is 2.49. The van der Waals surface area contributed by atoms with E-state index < -0.39 is 0 Å². The quantitative estimate of drug-likeness (QED) is 0.450. The van der Waals surface area contributed by atoms with Gasteiger partial charge in [0.15, 0.2) is 5.78 Å². The normalized spacial score (nSPS) is 46.2. The van der Waals surface area contributed by atoms with E-state index in [9.17, 15) is 9.59 Å². The third kappa shape index (κ3) is 0.549. The van der Waals surface area contributed by atoms with Gasteiger partial charge in [-0.1, -0.05) is 0 Å². The Morgan fingerprint density at radius 3 is 2.91 bits per heavy atom. The molecule has 1 aliphatic carbocycles. The van der Waals surface area contributed by atoms with Crippen LogP contribution in [-0.2, 0) is 9.59 Å². The van der Waals surface area contributed by atoms with Crippen LogP contribution in [0.4, 0.5) is 0 Å². The van der Waals surface area contributed by atoms with Crippen LogP contribution in [-0.4, -0.2) is 29.2 Å². The Labute approximate surface area is 64.4 Å². The van der Waals surface area contributed by atoms with Gasteiger partial charge in [-0.15, -0.1) is 0 Å². The van der Waals surface area contributed by atoms with E-state index in [-0.39, 0.29) is 24.2 Å². The summed E-state index contributed by atoms with van der Waals surface area (Å²) in [6.07, 6.45) is 1.36. The molecule has 1 amide bonds. The van der Waals surface area contributed by atoms with E-state index in [1.807, 2.05) is 0 Å². The average Bonchev–Trinajstić information content (AvgIpc) is 2.51. The highest BCUT2D eigenvalue weighted by molar-refractivity contribution is 6.08. The molecule has 0 aromatic carbocycles. The zero-order valence-electron chi connectivity index (χ0n) is 6.12. The summed E-state index contributed by atoms with van der Waals surface area (Å²) >= 11 is 0. The van der Waals surface area contributed by atoms with Gasteiger partial charge in [0.05, 0.1) is 12.5 Å². The molecule has 0 radical (unpaired) electrons. The van der Waals surface area contributed by atoms with E-state index in [1.165, 1.54) is 6.42 Å². The largest absolute Gasteiger partial charge is 0.332 e. The minimum atomic E-state index is 0.00694. The van der Waals surface area contributed by atoms with Crippen molar-refractivity contribution in [3.8, 4) is 0 Å². The van der Waals surface area contributed by atoms with E-state index in [0.29, 0.717) is 11.8 Å². The molecular formula is C8H9NO2. The Hall–Kier alpha value is -0.860. The van der Waals surface area contributed by atoms with Crippen molar-refractivity contribution >= 4 is 11.7 Å². The summed E-state index contributed by atoms with van der Waals surface area (Å²) in [5.41, 5.74) is 0. The number of amides is 1. The van der Waals surface area contributed by atoms with Crippen molar-refractivity contribution in [1.29, 1.82) is 0 Å². The smallest absolute Gasteiger partial charge is 0.230 e. The van der Waals surface area contributed by atoms with E-state index in [2.05, 4.69) is 0 Å². The molecule has 3 nitrogen and oxygen atoms in total. The maximum atomic E-state index is 11.2. The van der Waals surface area contributed by atoms with Crippen LogP contribution in [0.1, 0.15) is 12.8 Å². The van der Waals surface area contributed by atoms with E-state index in [0.717, 1.165) is 6.54 Å². The van der Waals surface area contributed by atoms with Gasteiger partial charge in [0.25, 0.3) is 0 Å². The molecule has 1 saturated carbocycles. The zero-order valence-corrected chi connectivity index (χ0v) is 6.12. The van der Waals surface area contributed by atoms with Gasteiger partial charge in [-0.2, -0.15) is 0 Å². The molecule has 3 heteroatoms. The summed E-state index contributed by atoms with van der Waals surface area (Å²) in [4.78, 5) is 24.2. The number of ketones is 1. The average molecular weight is 151 g/mol. The Bertz CT molecular complexity index is 261. The second-order valence-electron chi connectivity index (χ2n) is 3.79. The second-order valence-corrected chi connectivity index (χ2v) is 3.79. The molecule has 11 heavy (non-hydrogen) atoms. The summed E-state index contributed by atoms with van der Waals surface area (Å²) in [5.74, 6) is 1.45. The lowest BCUT2D eigenvalue weighted by Crippen LogP contribution is -2.32. The predicted octanol–water partition coefficient (Wildman–Crippen LogP) is -0.194. The third-order valence-electron chi connectivity index (χ3n) is 3.13. The van der Waals surface area contributed by atoms with Gasteiger partial charge in [0, 0.05) is 6.54 Å².